The van der Waals surface area contributed by atoms with Crippen molar-refractivity contribution in [2.24, 2.45) is 58.7 Å². The fraction of sp³-hybridized carbons (Fsp3) is 1.00. The average molecular weight is 232 g/mol. The molecule has 0 aromatic rings. The van der Waals surface area contributed by atoms with E-state index in [4.69, 9.17) is 4.43 Å². The third-order valence-electron chi connectivity index (χ3n) is 7.35. The molecule has 0 aliphatic heterocycles. The highest BCUT2D eigenvalue weighted by molar-refractivity contribution is 6.69. The molecule has 0 radical (unpaired) electrons. The molecule has 0 unspecified atom stereocenters. The lowest BCUT2D eigenvalue weighted by atomic mass is 9.80. The molecule has 0 amide bonds. The Labute approximate surface area is 98.1 Å². The van der Waals surface area contributed by atoms with Crippen LogP contribution in [0.4, 0.5) is 0 Å². The van der Waals surface area contributed by atoms with Gasteiger partial charge in [-0.25, -0.2) is 0 Å². The van der Waals surface area contributed by atoms with Crippen molar-refractivity contribution in [1.29, 1.82) is 0 Å². The summed E-state index contributed by atoms with van der Waals surface area (Å²) in [5, 5.41) is 0. The van der Waals surface area contributed by atoms with E-state index in [0.29, 0.717) is 0 Å². The first kappa shape index (κ1) is 8.31. The van der Waals surface area contributed by atoms with Gasteiger partial charge in [0.15, 0.2) is 8.32 Å². The van der Waals surface area contributed by atoms with Gasteiger partial charge in [-0.05, 0) is 72.9 Å². The van der Waals surface area contributed by atoms with Gasteiger partial charge in [0.25, 0.3) is 0 Å². The summed E-state index contributed by atoms with van der Waals surface area (Å²) >= 11 is 0. The monoisotopic (exact) mass is 232 g/mol. The van der Waals surface area contributed by atoms with Gasteiger partial charge in [-0.15, -0.1) is 0 Å². The lowest BCUT2D eigenvalue weighted by Gasteiger charge is -2.33. The van der Waals surface area contributed by atoms with E-state index in [1.165, 1.54) is 59.9 Å². The SMILES string of the molecule is C[Si](C)(C)OCC12C3C4C3C3C(C5C4C51)C32. The van der Waals surface area contributed by atoms with E-state index in [0.717, 1.165) is 5.41 Å². The molecular weight excluding hydrogens is 212 g/mol. The molecule has 0 spiro atoms. The average Bonchev–Trinajstić information content (AvgIpc) is 2.95. The maximum atomic E-state index is 6.38. The zero-order chi connectivity index (χ0) is 10.6. The predicted octanol–water partition coefficient (Wildman–Crippen LogP) is 2.45. The van der Waals surface area contributed by atoms with Gasteiger partial charge in [0, 0.05) is 12.0 Å². The smallest absolute Gasteiger partial charge is 0.183 e. The molecule has 0 aromatic carbocycles. The maximum absolute atomic E-state index is 6.38. The third-order valence-corrected chi connectivity index (χ3v) is 8.36. The largest absolute Gasteiger partial charge is 0.417 e. The molecule has 0 atom stereocenters. The summed E-state index contributed by atoms with van der Waals surface area (Å²) in [6, 6.07) is 0. The summed E-state index contributed by atoms with van der Waals surface area (Å²) in [5.41, 5.74) is 0.764. The Bertz CT molecular complexity index is 352. The highest BCUT2D eigenvalue weighted by Crippen LogP contribution is 3.05. The molecular formula is C14H20OSi. The van der Waals surface area contributed by atoms with Crippen LogP contribution in [0.1, 0.15) is 0 Å². The van der Waals surface area contributed by atoms with Crippen LogP contribution in [0.15, 0.2) is 0 Å². The molecule has 0 aromatic heterocycles. The van der Waals surface area contributed by atoms with Crippen molar-refractivity contribution in [2.45, 2.75) is 19.6 Å². The van der Waals surface area contributed by atoms with Crippen LogP contribution in [0.25, 0.3) is 0 Å². The molecule has 6 aliphatic rings. The minimum Gasteiger partial charge on any atom is -0.417 e. The minimum absolute atomic E-state index is 0.764. The number of rotatable bonds is 3. The summed E-state index contributed by atoms with van der Waals surface area (Å²) in [5.74, 6) is 10.8. The van der Waals surface area contributed by atoms with Crippen LogP contribution < -0.4 is 0 Å². The van der Waals surface area contributed by atoms with E-state index >= 15 is 0 Å². The van der Waals surface area contributed by atoms with Crippen LogP contribution in [-0.4, -0.2) is 14.9 Å². The van der Waals surface area contributed by atoms with E-state index in [-0.39, 0.29) is 0 Å². The Balaban J connectivity index is 1.42. The summed E-state index contributed by atoms with van der Waals surface area (Å²) in [6.45, 7) is 8.25. The summed E-state index contributed by atoms with van der Waals surface area (Å²) in [7, 11) is -1.29. The molecule has 16 heavy (non-hydrogen) atoms. The van der Waals surface area contributed by atoms with Crippen LogP contribution in [-0.2, 0) is 4.43 Å². The van der Waals surface area contributed by atoms with Crippen molar-refractivity contribution in [3.63, 3.8) is 0 Å². The van der Waals surface area contributed by atoms with Gasteiger partial charge >= 0.3 is 0 Å². The zero-order valence-corrected chi connectivity index (χ0v) is 11.3. The molecule has 0 bridgehead atoms. The van der Waals surface area contributed by atoms with E-state index in [1.54, 1.807) is 0 Å². The van der Waals surface area contributed by atoms with Crippen molar-refractivity contribution in [3.05, 3.63) is 0 Å². The number of hydrogen-bond donors (Lipinski definition) is 0. The molecule has 86 valence electrons. The highest BCUT2D eigenvalue weighted by atomic mass is 28.4. The number of hydrogen-bond acceptors (Lipinski definition) is 1. The van der Waals surface area contributed by atoms with Gasteiger partial charge < -0.3 is 4.43 Å². The van der Waals surface area contributed by atoms with Gasteiger partial charge in [-0.2, -0.15) is 0 Å². The zero-order valence-electron chi connectivity index (χ0n) is 10.3. The summed E-state index contributed by atoms with van der Waals surface area (Å²) in [4.78, 5) is 0. The Kier molecular flexibility index (Phi) is 0.934. The van der Waals surface area contributed by atoms with Gasteiger partial charge in [-0.1, -0.05) is 0 Å². The molecule has 0 N–H and O–H groups in total. The van der Waals surface area contributed by atoms with E-state index in [1.807, 2.05) is 0 Å². The molecule has 6 saturated carbocycles. The van der Waals surface area contributed by atoms with Crippen LogP contribution in [0, 0.1) is 58.7 Å². The summed E-state index contributed by atoms with van der Waals surface area (Å²) in [6.07, 6.45) is 0. The van der Waals surface area contributed by atoms with Crippen LogP contribution in [0.3, 0.4) is 0 Å². The number of fused-ring (bicyclic) bond motifs is 6. The van der Waals surface area contributed by atoms with Crippen molar-refractivity contribution >= 4 is 8.32 Å². The van der Waals surface area contributed by atoms with Crippen molar-refractivity contribution < 1.29 is 4.43 Å². The maximum Gasteiger partial charge on any atom is 0.183 e. The van der Waals surface area contributed by atoms with E-state index in [9.17, 15) is 0 Å². The third kappa shape index (κ3) is 0.545. The van der Waals surface area contributed by atoms with Crippen LogP contribution >= 0.6 is 0 Å². The van der Waals surface area contributed by atoms with Gasteiger partial charge in [0.2, 0.25) is 0 Å². The molecule has 0 saturated heterocycles. The normalized spacial score (nSPS) is 77.8. The van der Waals surface area contributed by atoms with Crippen molar-refractivity contribution in [1.82, 2.24) is 0 Å². The lowest BCUT2D eigenvalue weighted by molar-refractivity contribution is 0.0967. The first-order chi connectivity index (χ1) is 7.57. The van der Waals surface area contributed by atoms with E-state index in [2.05, 4.69) is 19.6 Å². The molecule has 0 heterocycles. The summed E-state index contributed by atoms with van der Waals surface area (Å²) < 4.78 is 6.38. The first-order valence-electron chi connectivity index (χ1n) is 7.21. The van der Waals surface area contributed by atoms with Gasteiger partial charge in [0.05, 0.1) is 0 Å². The van der Waals surface area contributed by atoms with Crippen LogP contribution in [0.2, 0.25) is 19.6 Å². The van der Waals surface area contributed by atoms with Crippen molar-refractivity contribution in [2.75, 3.05) is 6.61 Å². The molecule has 6 rings (SSSR count). The molecule has 6 fully saturated rings. The Hall–Kier alpha value is 0.177. The molecule has 6 aliphatic carbocycles. The fourth-order valence-electron chi connectivity index (χ4n) is 7.50. The van der Waals surface area contributed by atoms with E-state index < -0.39 is 8.32 Å². The standard InChI is InChI=1S/C14H20OSi/c1-16(2,3)15-4-14-11-5-6(11)8-10(13(8)14)9-7(5)12(9)14/h5-13H,4H2,1-3H3. The molecule has 1 nitrogen and oxygen atoms in total. The molecule has 2 heteroatoms. The van der Waals surface area contributed by atoms with Gasteiger partial charge in [-0.3, -0.25) is 0 Å². The first-order valence-corrected chi connectivity index (χ1v) is 10.6. The second-order valence-electron chi connectivity index (χ2n) is 8.55. The Morgan fingerprint density at radius 1 is 0.812 bits per heavy atom. The second kappa shape index (κ2) is 1.80. The quantitative estimate of drug-likeness (QED) is 0.679. The minimum atomic E-state index is -1.29. The Morgan fingerprint density at radius 2 is 1.19 bits per heavy atom. The van der Waals surface area contributed by atoms with Crippen molar-refractivity contribution in [3.8, 4) is 0 Å². The predicted molar refractivity (Wildman–Crippen MR) is 63.1 cm³/mol. The lowest BCUT2D eigenvalue weighted by Crippen LogP contribution is -2.37. The van der Waals surface area contributed by atoms with Crippen LogP contribution in [0.5, 0.6) is 0 Å². The second-order valence-corrected chi connectivity index (χ2v) is 13.1. The van der Waals surface area contributed by atoms with Gasteiger partial charge in [0.1, 0.15) is 0 Å². The topological polar surface area (TPSA) is 9.23 Å². The Morgan fingerprint density at radius 3 is 1.50 bits per heavy atom. The highest BCUT2D eigenvalue weighted by Gasteiger charge is 3.03. The fourth-order valence-corrected chi connectivity index (χ4v) is 8.18.